The van der Waals surface area contributed by atoms with E-state index in [-0.39, 0.29) is 31.1 Å². The van der Waals surface area contributed by atoms with Crippen molar-refractivity contribution in [3.63, 3.8) is 0 Å². The molecule has 7 heteroatoms. The fraction of sp³-hybridized carbons (Fsp3) is 0.429. The van der Waals surface area contributed by atoms with Crippen LogP contribution in [0.15, 0.2) is 42.6 Å². The van der Waals surface area contributed by atoms with E-state index in [2.05, 4.69) is 10.3 Å². The van der Waals surface area contributed by atoms with Crippen LogP contribution in [-0.2, 0) is 17.8 Å². The van der Waals surface area contributed by atoms with Crippen molar-refractivity contribution in [1.29, 1.82) is 0 Å². The van der Waals surface area contributed by atoms with E-state index in [1.54, 1.807) is 6.20 Å². The Labute approximate surface area is 171 Å². The van der Waals surface area contributed by atoms with Crippen LogP contribution >= 0.6 is 12.4 Å². The fourth-order valence-electron chi connectivity index (χ4n) is 3.73. The molecule has 1 N–H and O–H groups in total. The van der Waals surface area contributed by atoms with Gasteiger partial charge >= 0.3 is 0 Å². The Morgan fingerprint density at radius 2 is 2.04 bits per heavy atom. The van der Waals surface area contributed by atoms with Crippen molar-refractivity contribution in [3.05, 3.63) is 53.9 Å². The highest BCUT2D eigenvalue weighted by molar-refractivity contribution is 5.85. The Hall–Kier alpha value is -2.31. The van der Waals surface area contributed by atoms with Gasteiger partial charge in [-0.05, 0) is 62.2 Å². The molecule has 1 saturated heterocycles. The lowest BCUT2D eigenvalue weighted by Gasteiger charge is -2.31. The standard InChI is InChI=1S/C21H25N3O3.ClH/c25-21(13-16-6-7-19-20(12-16)27-15-26-19)24(14-17-4-1-2-10-23-17)18-5-3-9-22-11-8-18;/h1-2,4,6-7,10,12,18,22H,3,5,8-9,11,13-15H2;1H. The van der Waals surface area contributed by atoms with Gasteiger partial charge in [-0.2, -0.15) is 0 Å². The number of rotatable bonds is 5. The van der Waals surface area contributed by atoms with Crippen molar-refractivity contribution in [2.45, 2.75) is 38.3 Å². The number of nitrogens with one attached hydrogen (secondary N) is 1. The number of amides is 1. The van der Waals surface area contributed by atoms with E-state index in [9.17, 15) is 4.79 Å². The summed E-state index contributed by atoms with van der Waals surface area (Å²) in [4.78, 5) is 19.7. The van der Waals surface area contributed by atoms with Crippen LogP contribution < -0.4 is 14.8 Å². The molecule has 6 nitrogen and oxygen atoms in total. The Balaban J connectivity index is 0.00000225. The summed E-state index contributed by atoms with van der Waals surface area (Å²) in [7, 11) is 0. The summed E-state index contributed by atoms with van der Waals surface area (Å²) in [6.45, 7) is 2.76. The molecule has 2 aromatic rings. The maximum absolute atomic E-state index is 13.2. The monoisotopic (exact) mass is 403 g/mol. The lowest BCUT2D eigenvalue weighted by molar-refractivity contribution is -0.133. The molecule has 0 bridgehead atoms. The third kappa shape index (κ3) is 4.94. The lowest BCUT2D eigenvalue weighted by atomic mass is 10.0. The first kappa shape index (κ1) is 20.4. The van der Waals surface area contributed by atoms with Crippen LogP contribution in [0.5, 0.6) is 11.5 Å². The minimum atomic E-state index is 0. The van der Waals surface area contributed by atoms with Crippen LogP contribution in [0.3, 0.4) is 0 Å². The number of pyridine rings is 1. The van der Waals surface area contributed by atoms with E-state index in [4.69, 9.17) is 9.47 Å². The van der Waals surface area contributed by atoms with Gasteiger partial charge < -0.3 is 19.7 Å². The summed E-state index contributed by atoms with van der Waals surface area (Å²) in [6.07, 6.45) is 5.21. The zero-order chi connectivity index (χ0) is 18.5. The fourth-order valence-corrected chi connectivity index (χ4v) is 3.73. The van der Waals surface area contributed by atoms with Gasteiger partial charge in [0, 0.05) is 12.2 Å². The number of ether oxygens (including phenoxy) is 2. The van der Waals surface area contributed by atoms with Gasteiger partial charge in [-0.3, -0.25) is 9.78 Å². The van der Waals surface area contributed by atoms with Crippen molar-refractivity contribution < 1.29 is 14.3 Å². The lowest BCUT2D eigenvalue weighted by Crippen LogP contribution is -2.41. The quantitative estimate of drug-likeness (QED) is 0.831. The molecular weight excluding hydrogens is 378 g/mol. The molecule has 28 heavy (non-hydrogen) atoms. The predicted octanol–water partition coefficient (Wildman–Crippen LogP) is 2.95. The first-order chi connectivity index (χ1) is 13.3. The van der Waals surface area contributed by atoms with E-state index >= 15 is 0 Å². The van der Waals surface area contributed by atoms with Crippen molar-refractivity contribution in [1.82, 2.24) is 15.2 Å². The summed E-state index contributed by atoms with van der Waals surface area (Å²) < 4.78 is 10.8. The van der Waals surface area contributed by atoms with Crippen LogP contribution in [0.4, 0.5) is 0 Å². The zero-order valence-electron chi connectivity index (χ0n) is 15.8. The third-order valence-electron chi connectivity index (χ3n) is 5.16. The number of nitrogens with zero attached hydrogens (tertiary/aromatic N) is 2. The number of aromatic nitrogens is 1. The molecule has 3 heterocycles. The number of halogens is 1. The first-order valence-electron chi connectivity index (χ1n) is 9.58. The van der Waals surface area contributed by atoms with Crippen molar-refractivity contribution in [2.24, 2.45) is 0 Å². The molecular formula is C21H26ClN3O3. The molecule has 0 radical (unpaired) electrons. The van der Waals surface area contributed by atoms with E-state index in [1.165, 1.54) is 0 Å². The summed E-state index contributed by atoms with van der Waals surface area (Å²) >= 11 is 0. The molecule has 0 saturated carbocycles. The molecule has 1 atom stereocenters. The highest BCUT2D eigenvalue weighted by Gasteiger charge is 2.25. The van der Waals surface area contributed by atoms with Gasteiger partial charge in [-0.1, -0.05) is 12.1 Å². The van der Waals surface area contributed by atoms with Gasteiger partial charge in [-0.15, -0.1) is 12.4 Å². The minimum Gasteiger partial charge on any atom is -0.454 e. The molecule has 2 aliphatic heterocycles. The van der Waals surface area contributed by atoms with E-state index in [0.717, 1.165) is 55.1 Å². The second kappa shape index (κ2) is 9.75. The number of hydrogen-bond acceptors (Lipinski definition) is 5. The molecule has 1 fully saturated rings. The smallest absolute Gasteiger partial charge is 0.231 e. The van der Waals surface area contributed by atoms with Gasteiger partial charge in [-0.25, -0.2) is 0 Å². The Morgan fingerprint density at radius 3 is 2.89 bits per heavy atom. The van der Waals surface area contributed by atoms with Crippen LogP contribution in [-0.4, -0.2) is 41.7 Å². The van der Waals surface area contributed by atoms with Crippen LogP contribution in [0.2, 0.25) is 0 Å². The van der Waals surface area contributed by atoms with Crippen molar-refractivity contribution in [2.75, 3.05) is 19.9 Å². The molecule has 1 aromatic heterocycles. The van der Waals surface area contributed by atoms with Gasteiger partial charge in [0.05, 0.1) is 18.7 Å². The SMILES string of the molecule is Cl.O=C(Cc1ccc2c(c1)OCO2)N(Cc1ccccn1)C1CCCNCC1. The molecule has 0 spiro atoms. The number of benzene rings is 1. The molecule has 1 unspecified atom stereocenters. The second-order valence-corrected chi connectivity index (χ2v) is 7.04. The summed E-state index contributed by atoms with van der Waals surface area (Å²) in [5.41, 5.74) is 1.87. The number of fused-ring (bicyclic) bond motifs is 1. The Kier molecular flexibility index (Phi) is 7.12. The normalized spacial score (nSPS) is 18.1. The zero-order valence-corrected chi connectivity index (χ0v) is 16.6. The molecule has 150 valence electrons. The maximum Gasteiger partial charge on any atom is 0.231 e. The van der Waals surface area contributed by atoms with Gasteiger partial charge in [0.1, 0.15) is 0 Å². The topological polar surface area (TPSA) is 63.7 Å². The van der Waals surface area contributed by atoms with Crippen molar-refractivity contribution in [3.8, 4) is 11.5 Å². The second-order valence-electron chi connectivity index (χ2n) is 7.04. The summed E-state index contributed by atoms with van der Waals surface area (Å²) in [5.74, 6) is 1.59. The van der Waals surface area contributed by atoms with Gasteiger partial charge in [0.25, 0.3) is 0 Å². The molecule has 4 rings (SSSR count). The maximum atomic E-state index is 13.2. The molecule has 2 aliphatic rings. The number of carbonyl (C=O) groups is 1. The summed E-state index contributed by atoms with van der Waals surface area (Å²) in [6, 6.07) is 11.8. The van der Waals surface area contributed by atoms with E-state index in [0.29, 0.717) is 13.0 Å². The number of carbonyl (C=O) groups excluding carboxylic acids is 1. The summed E-state index contributed by atoms with van der Waals surface area (Å²) in [5, 5.41) is 3.43. The molecule has 1 amide bonds. The van der Waals surface area contributed by atoms with Crippen molar-refractivity contribution >= 4 is 18.3 Å². The largest absolute Gasteiger partial charge is 0.454 e. The number of hydrogen-bond donors (Lipinski definition) is 1. The molecule has 1 aromatic carbocycles. The average Bonchev–Trinajstić information content (AvgIpc) is 2.99. The molecule has 0 aliphatic carbocycles. The third-order valence-corrected chi connectivity index (χ3v) is 5.16. The van der Waals surface area contributed by atoms with Gasteiger partial charge in [0.15, 0.2) is 11.5 Å². The first-order valence-corrected chi connectivity index (χ1v) is 9.58. The van der Waals surface area contributed by atoms with Crippen LogP contribution in [0.25, 0.3) is 0 Å². The predicted molar refractivity (Wildman–Crippen MR) is 109 cm³/mol. The Bertz CT molecular complexity index is 780. The van der Waals surface area contributed by atoms with Gasteiger partial charge in [0.2, 0.25) is 12.7 Å². The van der Waals surface area contributed by atoms with E-state index < -0.39 is 0 Å². The Morgan fingerprint density at radius 1 is 1.14 bits per heavy atom. The average molecular weight is 404 g/mol. The van der Waals surface area contributed by atoms with Crippen LogP contribution in [0.1, 0.15) is 30.5 Å². The van der Waals surface area contributed by atoms with E-state index in [1.807, 2.05) is 41.3 Å². The van der Waals surface area contributed by atoms with Crippen LogP contribution in [0, 0.1) is 0 Å². The minimum absolute atomic E-state index is 0. The highest BCUT2D eigenvalue weighted by atomic mass is 35.5. The highest BCUT2D eigenvalue weighted by Crippen LogP contribution is 2.32.